The molecule has 1 aliphatic heterocycles. The van der Waals surface area contributed by atoms with Crippen LogP contribution in [0.15, 0.2) is 30.3 Å². The number of ether oxygens (including phenoxy) is 1. The lowest BCUT2D eigenvalue weighted by Crippen LogP contribution is -2.44. The van der Waals surface area contributed by atoms with E-state index in [1.807, 2.05) is 7.11 Å². The molecular formula is C18H28N2O. The highest BCUT2D eigenvalue weighted by Gasteiger charge is 2.42. The Labute approximate surface area is 128 Å². The summed E-state index contributed by atoms with van der Waals surface area (Å²) in [7, 11) is 1.81. The van der Waals surface area contributed by atoms with Gasteiger partial charge in [-0.05, 0) is 49.7 Å². The zero-order valence-corrected chi connectivity index (χ0v) is 13.2. The SMILES string of the molecule is COCCC1(CNC2CCN(c3ccccc3)CC2)CC1. The molecule has 2 aliphatic rings. The van der Waals surface area contributed by atoms with Gasteiger partial charge in [-0.1, -0.05) is 18.2 Å². The van der Waals surface area contributed by atoms with Gasteiger partial charge in [-0.2, -0.15) is 0 Å². The van der Waals surface area contributed by atoms with Crippen LogP contribution in [0.5, 0.6) is 0 Å². The summed E-state index contributed by atoms with van der Waals surface area (Å²) in [5, 5.41) is 3.82. The van der Waals surface area contributed by atoms with Gasteiger partial charge in [-0.3, -0.25) is 0 Å². The number of hydrogen-bond acceptors (Lipinski definition) is 3. The van der Waals surface area contributed by atoms with Gasteiger partial charge in [0, 0.05) is 45.1 Å². The van der Waals surface area contributed by atoms with Crippen LogP contribution in [0, 0.1) is 5.41 Å². The monoisotopic (exact) mass is 288 g/mol. The summed E-state index contributed by atoms with van der Waals surface area (Å²) < 4.78 is 5.24. The first-order valence-corrected chi connectivity index (χ1v) is 8.34. The highest BCUT2D eigenvalue weighted by Crippen LogP contribution is 2.48. The summed E-state index contributed by atoms with van der Waals surface area (Å²) in [4.78, 5) is 2.51. The van der Waals surface area contributed by atoms with E-state index in [2.05, 4.69) is 40.5 Å². The molecule has 116 valence electrons. The molecule has 1 N–H and O–H groups in total. The van der Waals surface area contributed by atoms with Crippen molar-refractivity contribution in [2.75, 3.05) is 38.3 Å². The maximum atomic E-state index is 5.24. The molecule has 2 fully saturated rings. The molecule has 3 rings (SSSR count). The van der Waals surface area contributed by atoms with Gasteiger partial charge in [0.05, 0.1) is 0 Å². The second-order valence-corrected chi connectivity index (χ2v) is 6.72. The van der Waals surface area contributed by atoms with E-state index in [1.165, 1.54) is 57.4 Å². The van der Waals surface area contributed by atoms with Crippen molar-refractivity contribution in [3.05, 3.63) is 30.3 Å². The van der Waals surface area contributed by atoms with Gasteiger partial charge in [0.2, 0.25) is 0 Å². The van der Waals surface area contributed by atoms with Crippen LogP contribution in [0.3, 0.4) is 0 Å². The number of benzene rings is 1. The molecular weight excluding hydrogens is 260 g/mol. The van der Waals surface area contributed by atoms with Gasteiger partial charge in [0.25, 0.3) is 0 Å². The van der Waals surface area contributed by atoms with E-state index < -0.39 is 0 Å². The first-order chi connectivity index (χ1) is 10.3. The lowest BCUT2D eigenvalue weighted by molar-refractivity contribution is 0.169. The quantitative estimate of drug-likeness (QED) is 0.834. The molecule has 0 radical (unpaired) electrons. The fraction of sp³-hybridized carbons (Fsp3) is 0.667. The van der Waals surface area contributed by atoms with E-state index in [4.69, 9.17) is 4.74 Å². The average Bonchev–Trinajstić information content (AvgIpc) is 3.33. The molecule has 1 heterocycles. The average molecular weight is 288 g/mol. The topological polar surface area (TPSA) is 24.5 Å². The van der Waals surface area contributed by atoms with Gasteiger partial charge in [-0.15, -0.1) is 0 Å². The Balaban J connectivity index is 1.40. The van der Waals surface area contributed by atoms with Crippen LogP contribution in [0.2, 0.25) is 0 Å². The van der Waals surface area contributed by atoms with E-state index in [0.717, 1.165) is 6.61 Å². The third-order valence-electron chi connectivity index (χ3n) is 5.18. The Morgan fingerprint density at radius 3 is 2.52 bits per heavy atom. The molecule has 1 aliphatic carbocycles. The van der Waals surface area contributed by atoms with Crippen LogP contribution >= 0.6 is 0 Å². The lowest BCUT2D eigenvalue weighted by Gasteiger charge is -2.34. The largest absolute Gasteiger partial charge is 0.385 e. The molecule has 3 heteroatoms. The van der Waals surface area contributed by atoms with Crippen LogP contribution in [-0.4, -0.2) is 39.4 Å². The summed E-state index contributed by atoms with van der Waals surface area (Å²) in [6.07, 6.45) is 6.50. The minimum atomic E-state index is 0.562. The molecule has 1 aromatic rings. The van der Waals surface area contributed by atoms with Crippen LogP contribution in [0.4, 0.5) is 5.69 Å². The molecule has 1 saturated carbocycles. The van der Waals surface area contributed by atoms with E-state index in [-0.39, 0.29) is 0 Å². The van der Waals surface area contributed by atoms with Crippen LogP contribution in [0.25, 0.3) is 0 Å². The number of para-hydroxylation sites is 1. The van der Waals surface area contributed by atoms with Crippen molar-refractivity contribution in [2.45, 2.75) is 38.1 Å². The molecule has 0 spiro atoms. The second kappa shape index (κ2) is 6.80. The second-order valence-electron chi connectivity index (χ2n) is 6.72. The van der Waals surface area contributed by atoms with Crippen LogP contribution in [0.1, 0.15) is 32.1 Å². The predicted molar refractivity (Wildman–Crippen MR) is 87.8 cm³/mol. The van der Waals surface area contributed by atoms with Gasteiger partial charge >= 0.3 is 0 Å². The molecule has 3 nitrogen and oxygen atoms in total. The highest BCUT2D eigenvalue weighted by atomic mass is 16.5. The first kappa shape index (κ1) is 14.9. The summed E-state index contributed by atoms with van der Waals surface area (Å²) in [5.74, 6) is 0. The zero-order chi connectivity index (χ0) is 14.5. The molecule has 1 saturated heterocycles. The minimum absolute atomic E-state index is 0.562. The molecule has 21 heavy (non-hydrogen) atoms. The summed E-state index contributed by atoms with van der Waals surface area (Å²) >= 11 is 0. The van der Waals surface area contributed by atoms with E-state index >= 15 is 0 Å². The first-order valence-electron chi connectivity index (χ1n) is 8.34. The van der Waals surface area contributed by atoms with Gasteiger partial charge in [-0.25, -0.2) is 0 Å². The maximum absolute atomic E-state index is 5.24. The maximum Gasteiger partial charge on any atom is 0.0468 e. The number of methoxy groups -OCH3 is 1. The number of nitrogens with one attached hydrogen (secondary N) is 1. The Morgan fingerprint density at radius 2 is 1.90 bits per heavy atom. The van der Waals surface area contributed by atoms with E-state index in [0.29, 0.717) is 11.5 Å². The number of rotatable bonds is 7. The van der Waals surface area contributed by atoms with Crippen LogP contribution in [-0.2, 0) is 4.74 Å². The van der Waals surface area contributed by atoms with Gasteiger partial charge in [0.1, 0.15) is 0 Å². The number of piperidine rings is 1. The standard InChI is InChI=1S/C18H28N2O/c1-21-14-11-18(9-10-18)15-19-16-7-12-20(13-8-16)17-5-3-2-4-6-17/h2-6,16,19H,7-15H2,1H3. The molecule has 0 bridgehead atoms. The fourth-order valence-electron chi connectivity index (χ4n) is 3.35. The van der Waals surface area contributed by atoms with Crippen molar-refractivity contribution in [3.8, 4) is 0 Å². The van der Waals surface area contributed by atoms with Crippen molar-refractivity contribution in [1.29, 1.82) is 0 Å². The molecule has 0 atom stereocenters. The van der Waals surface area contributed by atoms with Gasteiger partial charge in [0.15, 0.2) is 0 Å². The van der Waals surface area contributed by atoms with Crippen molar-refractivity contribution in [3.63, 3.8) is 0 Å². The number of anilines is 1. The fourth-order valence-corrected chi connectivity index (χ4v) is 3.35. The molecule has 0 aromatic heterocycles. The Morgan fingerprint density at radius 1 is 1.19 bits per heavy atom. The third kappa shape index (κ3) is 3.98. The minimum Gasteiger partial charge on any atom is -0.385 e. The summed E-state index contributed by atoms with van der Waals surface area (Å²) in [6, 6.07) is 11.5. The molecule has 0 unspecified atom stereocenters. The lowest BCUT2D eigenvalue weighted by atomic mass is 10.00. The third-order valence-corrected chi connectivity index (χ3v) is 5.18. The molecule has 0 amide bonds. The van der Waals surface area contributed by atoms with E-state index in [9.17, 15) is 0 Å². The van der Waals surface area contributed by atoms with Crippen molar-refractivity contribution < 1.29 is 4.74 Å². The van der Waals surface area contributed by atoms with Crippen LogP contribution < -0.4 is 10.2 Å². The number of hydrogen-bond donors (Lipinski definition) is 1. The van der Waals surface area contributed by atoms with Crippen molar-refractivity contribution in [2.24, 2.45) is 5.41 Å². The zero-order valence-electron chi connectivity index (χ0n) is 13.2. The van der Waals surface area contributed by atoms with Crippen molar-refractivity contribution in [1.82, 2.24) is 5.32 Å². The predicted octanol–water partition coefficient (Wildman–Crippen LogP) is 3.06. The summed E-state index contributed by atoms with van der Waals surface area (Å²) in [6.45, 7) is 4.44. The summed E-state index contributed by atoms with van der Waals surface area (Å²) in [5.41, 5.74) is 1.93. The molecule has 1 aromatic carbocycles. The Bertz CT molecular complexity index is 422. The normalized spacial score (nSPS) is 21.5. The van der Waals surface area contributed by atoms with Gasteiger partial charge < -0.3 is 15.0 Å². The van der Waals surface area contributed by atoms with E-state index in [1.54, 1.807) is 0 Å². The van der Waals surface area contributed by atoms with Crippen molar-refractivity contribution >= 4 is 5.69 Å². The Hall–Kier alpha value is -1.06. The highest BCUT2D eigenvalue weighted by molar-refractivity contribution is 5.46. The smallest absolute Gasteiger partial charge is 0.0468 e. The Kier molecular flexibility index (Phi) is 4.81. The number of nitrogens with zero attached hydrogens (tertiary/aromatic N) is 1.